The number of benzene rings is 1. The molecule has 0 bridgehead atoms. The zero-order valence-corrected chi connectivity index (χ0v) is 11.9. The van der Waals surface area contributed by atoms with E-state index in [2.05, 4.69) is 11.8 Å². The van der Waals surface area contributed by atoms with Crippen LogP contribution in [0.3, 0.4) is 0 Å². The smallest absolute Gasteiger partial charge is 0.269 e. The van der Waals surface area contributed by atoms with Gasteiger partial charge in [0.05, 0.1) is 4.92 Å². The van der Waals surface area contributed by atoms with Crippen molar-refractivity contribution in [2.75, 3.05) is 18.0 Å². The highest BCUT2D eigenvalue weighted by Crippen LogP contribution is 2.32. The second kappa shape index (κ2) is 6.24. The number of nitrogens with zero attached hydrogens (tertiary/aromatic N) is 2. The van der Waals surface area contributed by atoms with Gasteiger partial charge >= 0.3 is 0 Å². The van der Waals surface area contributed by atoms with Gasteiger partial charge in [0.1, 0.15) is 0 Å². The molecule has 19 heavy (non-hydrogen) atoms. The van der Waals surface area contributed by atoms with Crippen LogP contribution in [-0.2, 0) is 5.88 Å². The summed E-state index contributed by atoms with van der Waals surface area (Å²) in [7, 11) is 0. The normalized spacial score (nSPS) is 15.1. The molecule has 0 radical (unpaired) electrons. The fraction of sp³-hybridized carbons (Fsp3) is 0.571. The second-order valence-corrected chi connectivity index (χ2v) is 5.31. The Morgan fingerprint density at radius 1 is 1.47 bits per heavy atom. The van der Waals surface area contributed by atoms with Crippen LogP contribution in [-0.4, -0.2) is 18.0 Å². The number of hydrogen-bond donors (Lipinski definition) is 0. The molecule has 5 heteroatoms. The first kappa shape index (κ1) is 14.1. The summed E-state index contributed by atoms with van der Waals surface area (Å²) in [6, 6.07) is 4.98. The molecule has 0 aromatic heterocycles. The van der Waals surface area contributed by atoms with Gasteiger partial charge in [0.15, 0.2) is 0 Å². The van der Waals surface area contributed by atoms with Gasteiger partial charge in [-0.2, -0.15) is 0 Å². The molecule has 1 saturated carbocycles. The Kier molecular flexibility index (Phi) is 4.64. The van der Waals surface area contributed by atoms with Gasteiger partial charge < -0.3 is 4.90 Å². The maximum absolute atomic E-state index is 10.8. The molecule has 2 rings (SSSR count). The standard InChI is InChI=1S/C14H19ClN2O2/c1-2-16(10-11-4-3-5-11)14-7-6-13(17(18)19)8-12(14)9-15/h6-8,11H,2-5,9-10H2,1H3. The molecule has 0 N–H and O–H groups in total. The fourth-order valence-electron chi connectivity index (χ4n) is 2.49. The van der Waals surface area contributed by atoms with Crippen molar-refractivity contribution >= 4 is 23.0 Å². The number of hydrogen-bond acceptors (Lipinski definition) is 3. The van der Waals surface area contributed by atoms with Crippen LogP contribution in [0.1, 0.15) is 31.7 Å². The van der Waals surface area contributed by atoms with E-state index in [0.717, 1.165) is 30.3 Å². The molecule has 1 aliphatic rings. The quantitative estimate of drug-likeness (QED) is 0.451. The zero-order chi connectivity index (χ0) is 13.8. The molecule has 0 saturated heterocycles. The first-order chi connectivity index (χ1) is 9.15. The predicted octanol–water partition coefficient (Wildman–Crippen LogP) is 3.96. The number of alkyl halides is 1. The van der Waals surface area contributed by atoms with Crippen molar-refractivity contribution in [3.05, 3.63) is 33.9 Å². The van der Waals surface area contributed by atoms with Crippen molar-refractivity contribution in [3.63, 3.8) is 0 Å². The third kappa shape index (κ3) is 3.18. The third-order valence-corrected chi connectivity index (χ3v) is 4.13. The fourth-order valence-corrected chi connectivity index (χ4v) is 2.70. The van der Waals surface area contributed by atoms with Gasteiger partial charge in [0.25, 0.3) is 5.69 Å². The summed E-state index contributed by atoms with van der Waals surface area (Å²) in [4.78, 5) is 12.7. The summed E-state index contributed by atoms with van der Waals surface area (Å²) in [5.74, 6) is 1.07. The molecule has 0 unspecified atom stereocenters. The van der Waals surface area contributed by atoms with Crippen molar-refractivity contribution in [2.24, 2.45) is 5.92 Å². The molecule has 4 nitrogen and oxygen atoms in total. The Hall–Kier alpha value is -1.29. The molecular weight excluding hydrogens is 264 g/mol. The van der Waals surface area contributed by atoms with E-state index in [9.17, 15) is 10.1 Å². The van der Waals surface area contributed by atoms with Crippen LogP contribution in [0.15, 0.2) is 18.2 Å². The predicted molar refractivity (Wildman–Crippen MR) is 77.9 cm³/mol. The second-order valence-electron chi connectivity index (χ2n) is 5.04. The minimum Gasteiger partial charge on any atom is -0.371 e. The molecule has 104 valence electrons. The lowest BCUT2D eigenvalue weighted by Crippen LogP contribution is -2.33. The minimum absolute atomic E-state index is 0.110. The van der Waals surface area contributed by atoms with Crippen LogP contribution in [0.4, 0.5) is 11.4 Å². The molecule has 0 heterocycles. The van der Waals surface area contributed by atoms with E-state index in [1.807, 2.05) is 6.07 Å². The average Bonchev–Trinajstić information content (AvgIpc) is 2.37. The lowest BCUT2D eigenvalue weighted by atomic mass is 9.85. The average molecular weight is 283 g/mol. The summed E-state index contributed by atoms with van der Waals surface area (Å²) in [5.41, 5.74) is 1.99. The molecule has 1 aromatic carbocycles. The number of nitro groups is 1. The summed E-state index contributed by atoms with van der Waals surface area (Å²) >= 11 is 5.94. The highest BCUT2D eigenvalue weighted by atomic mass is 35.5. The van der Waals surface area contributed by atoms with E-state index in [1.165, 1.54) is 19.3 Å². The van der Waals surface area contributed by atoms with Crippen molar-refractivity contribution < 1.29 is 4.92 Å². The van der Waals surface area contributed by atoms with Gasteiger partial charge in [-0.1, -0.05) is 6.42 Å². The first-order valence-corrected chi connectivity index (χ1v) is 7.27. The van der Waals surface area contributed by atoms with Gasteiger partial charge in [-0.05, 0) is 37.3 Å². The molecular formula is C14H19ClN2O2. The first-order valence-electron chi connectivity index (χ1n) is 6.74. The van der Waals surface area contributed by atoms with E-state index in [-0.39, 0.29) is 10.6 Å². The Balaban J connectivity index is 2.22. The molecule has 0 aliphatic heterocycles. The van der Waals surface area contributed by atoms with Crippen LogP contribution >= 0.6 is 11.6 Å². The number of nitro benzene ring substituents is 1. The van der Waals surface area contributed by atoms with Crippen molar-refractivity contribution in [1.29, 1.82) is 0 Å². The highest BCUT2D eigenvalue weighted by Gasteiger charge is 2.22. The summed E-state index contributed by atoms with van der Waals surface area (Å²) in [6.07, 6.45) is 3.91. The number of rotatable bonds is 6. The third-order valence-electron chi connectivity index (χ3n) is 3.84. The Labute approximate surface area is 118 Å². The molecule has 1 aromatic rings. The minimum atomic E-state index is -0.373. The lowest BCUT2D eigenvalue weighted by Gasteiger charge is -2.34. The van der Waals surface area contributed by atoms with Crippen molar-refractivity contribution in [2.45, 2.75) is 32.1 Å². The number of halogens is 1. The van der Waals surface area contributed by atoms with E-state index in [0.29, 0.717) is 5.88 Å². The van der Waals surface area contributed by atoms with Crippen molar-refractivity contribution in [1.82, 2.24) is 0 Å². The van der Waals surface area contributed by atoms with Gasteiger partial charge in [0, 0.05) is 36.8 Å². The topological polar surface area (TPSA) is 46.4 Å². The monoisotopic (exact) mass is 282 g/mol. The van der Waals surface area contributed by atoms with E-state index in [1.54, 1.807) is 12.1 Å². The van der Waals surface area contributed by atoms with E-state index < -0.39 is 0 Å². The summed E-state index contributed by atoms with van der Waals surface area (Å²) in [6.45, 7) is 4.04. The lowest BCUT2D eigenvalue weighted by molar-refractivity contribution is -0.384. The van der Waals surface area contributed by atoms with Crippen LogP contribution in [0, 0.1) is 16.0 Å². The van der Waals surface area contributed by atoms with Gasteiger partial charge in [0.2, 0.25) is 0 Å². The highest BCUT2D eigenvalue weighted by molar-refractivity contribution is 6.17. The van der Waals surface area contributed by atoms with E-state index >= 15 is 0 Å². The maximum Gasteiger partial charge on any atom is 0.269 e. The van der Waals surface area contributed by atoms with Gasteiger partial charge in [-0.15, -0.1) is 11.6 Å². The molecule has 0 atom stereocenters. The number of non-ortho nitro benzene ring substituents is 1. The SMILES string of the molecule is CCN(CC1CCC1)c1ccc([N+](=O)[O-])cc1CCl. The van der Waals surface area contributed by atoms with Crippen LogP contribution in [0.5, 0.6) is 0 Å². The zero-order valence-electron chi connectivity index (χ0n) is 11.1. The molecule has 0 amide bonds. The van der Waals surface area contributed by atoms with Gasteiger partial charge in [-0.3, -0.25) is 10.1 Å². The Bertz CT molecular complexity index is 461. The molecule has 1 aliphatic carbocycles. The molecule has 0 spiro atoms. The summed E-state index contributed by atoms with van der Waals surface area (Å²) < 4.78 is 0. The van der Waals surface area contributed by atoms with E-state index in [4.69, 9.17) is 11.6 Å². The van der Waals surface area contributed by atoms with Crippen LogP contribution in [0.25, 0.3) is 0 Å². The summed E-state index contributed by atoms with van der Waals surface area (Å²) in [5, 5.41) is 10.8. The largest absolute Gasteiger partial charge is 0.371 e. The van der Waals surface area contributed by atoms with Crippen LogP contribution < -0.4 is 4.90 Å². The molecule has 1 fully saturated rings. The number of anilines is 1. The van der Waals surface area contributed by atoms with Gasteiger partial charge in [-0.25, -0.2) is 0 Å². The Morgan fingerprint density at radius 3 is 2.68 bits per heavy atom. The maximum atomic E-state index is 10.8. The van der Waals surface area contributed by atoms with Crippen LogP contribution in [0.2, 0.25) is 0 Å². The van der Waals surface area contributed by atoms with Crippen molar-refractivity contribution in [3.8, 4) is 0 Å². The Morgan fingerprint density at radius 2 is 2.21 bits per heavy atom.